The number of amides is 1. The highest BCUT2D eigenvalue weighted by Crippen LogP contribution is 2.15. The lowest BCUT2D eigenvalue weighted by molar-refractivity contribution is -0.122. The van der Waals surface area contributed by atoms with Crippen LogP contribution in [-0.4, -0.2) is 43.0 Å². The fraction of sp³-hybridized carbons (Fsp3) is 0.929. The van der Waals surface area contributed by atoms with Gasteiger partial charge in [-0.25, -0.2) is 0 Å². The van der Waals surface area contributed by atoms with E-state index in [2.05, 4.69) is 24.2 Å². The molecule has 0 aromatic carbocycles. The summed E-state index contributed by atoms with van der Waals surface area (Å²) in [6.07, 6.45) is 7.17. The van der Waals surface area contributed by atoms with Gasteiger partial charge < -0.3 is 16.0 Å². The topological polar surface area (TPSA) is 58.4 Å². The zero-order valence-corrected chi connectivity index (χ0v) is 12.0. The van der Waals surface area contributed by atoms with Gasteiger partial charge in [0.05, 0.1) is 0 Å². The molecule has 1 amide bonds. The van der Waals surface area contributed by atoms with Gasteiger partial charge in [-0.05, 0) is 46.2 Å². The Morgan fingerprint density at radius 3 is 2.72 bits per heavy atom. The third kappa shape index (κ3) is 5.83. The Bertz CT molecular complexity index is 245. The fourth-order valence-electron chi connectivity index (χ4n) is 2.50. The number of carbonyl (C=O) groups is 1. The van der Waals surface area contributed by atoms with Crippen LogP contribution < -0.4 is 11.1 Å². The Morgan fingerprint density at radius 2 is 2.06 bits per heavy atom. The Labute approximate surface area is 111 Å². The molecule has 0 radical (unpaired) electrons. The predicted octanol–water partition coefficient (Wildman–Crippen LogP) is 1.49. The zero-order chi connectivity index (χ0) is 13.4. The van der Waals surface area contributed by atoms with Crippen LogP contribution in [0.15, 0.2) is 0 Å². The lowest BCUT2D eigenvalue weighted by Gasteiger charge is -2.35. The lowest BCUT2D eigenvalue weighted by Crippen LogP contribution is -2.47. The highest BCUT2D eigenvalue weighted by molar-refractivity contribution is 5.76. The number of hydrogen-bond acceptors (Lipinski definition) is 3. The molecule has 0 aromatic heterocycles. The van der Waals surface area contributed by atoms with E-state index >= 15 is 0 Å². The zero-order valence-electron chi connectivity index (χ0n) is 12.0. The third-order valence-corrected chi connectivity index (χ3v) is 3.93. The molecule has 18 heavy (non-hydrogen) atoms. The number of carbonyl (C=O) groups excluding carboxylic acids is 1. The molecule has 1 aliphatic rings. The lowest BCUT2D eigenvalue weighted by atomic mass is 9.98. The minimum atomic E-state index is 0.226. The van der Waals surface area contributed by atoms with E-state index in [1.165, 1.54) is 0 Å². The predicted molar refractivity (Wildman–Crippen MR) is 75.4 cm³/mol. The molecule has 2 unspecified atom stereocenters. The number of unbranched alkanes of at least 4 members (excludes halogenated alkanes) is 3. The van der Waals surface area contributed by atoms with Crippen molar-refractivity contribution in [3.05, 3.63) is 0 Å². The van der Waals surface area contributed by atoms with Crippen molar-refractivity contribution in [2.45, 2.75) is 64.0 Å². The number of nitrogens with zero attached hydrogens (tertiary/aromatic N) is 1. The quantitative estimate of drug-likeness (QED) is 0.678. The van der Waals surface area contributed by atoms with Crippen LogP contribution >= 0.6 is 0 Å². The van der Waals surface area contributed by atoms with Crippen LogP contribution in [0.4, 0.5) is 0 Å². The van der Waals surface area contributed by atoms with E-state index < -0.39 is 0 Å². The Hall–Kier alpha value is -0.610. The molecule has 0 bridgehead atoms. The third-order valence-electron chi connectivity index (χ3n) is 3.93. The molecule has 1 rings (SSSR count). The number of hydrogen-bond donors (Lipinski definition) is 2. The van der Waals surface area contributed by atoms with Gasteiger partial charge in [-0.2, -0.15) is 0 Å². The van der Waals surface area contributed by atoms with Crippen LogP contribution in [0, 0.1) is 0 Å². The van der Waals surface area contributed by atoms with Crippen LogP contribution in [0.1, 0.15) is 51.9 Å². The second kappa shape index (κ2) is 8.48. The number of nitrogens with two attached hydrogens (primary N) is 1. The number of likely N-dealkylation sites (tertiary alicyclic amines) is 1. The van der Waals surface area contributed by atoms with Crippen LogP contribution in [0.2, 0.25) is 0 Å². The molecular weight excluding hydrogens is 226 g/mol. The van der Waals surface area contributed by atoms with Crippen LogP contribution in [0.25, 0.3) is 0 Å². The molecule has 1 aliphatic heterocycles. The van der Waals surface area contributed by atoms with Crippen molar-refractivity contribution in [3.63, 3.8) is 0 Å². The maximum absolute atomic E-state index is 11.8. The number of nitrogens with one attached hydrogen (secondary N) is 1. The summed E-state index contributed by atoms with van der Waals surface area (Å²) in [7, 11) is 2.15. The summed E-state index contributed by atoms with van der Waals surface area (Å²) in [6, 6.07) is 0.960. The summed E-state index contributed by atoms with van der Waals surface area (Å²) in [5.74, 6) is 0.226. The maximum Gasteiger partial charge on any atom is 0.220 e. The molecule has 3 N–H and O–H groups in total. The molecule has 1 fully saturated rings. The van der Waals surface area contributed by atoms with Gasteiger partial charge in [0.25, 0.3) is 0 Å². The van der Waals surface area contributed by atoms with Crippen molar-refractivity contribution in [2.24, 2.45) is 5.73 Å². The van der Waals surface area contributed by atoms with Crippen LogP contribution in [0.5, 0.6) is 0 Å². The highest BCUT2D eigenvalue weighted by atomic mass is 16.1. The van der Waals surface area contributed by atoms with E-state index in [-0.39, 0.29) is 5.91 Å². The van der Waals surface area contributed by atoms with Crippen LogP contribution in [-0.2, 0) is 4.79 Å². The van der Waals surface area contributed by atoms with E-state index in [1.54, 1.807) is 0 Å². The van der Waals surface area contributed by atoms with Gasteiger partial charge in [-0.1, -0.05) is 12.8 Å². The first-order chi connectivity index (χ1) is 8.63. The summed E-state index contributed by atoms with van der Waals surface area (Å²) in [5, 5.41) is 3.17. The summed E-state index contributed by atoms with van der Waals surface area (Å²) in [6.45, 7) is 4.08. The molecular formula is C14H29N3O. The fourth-order valence-corrected chi connectivity index (χ4v) is 2.50. The van der Waals surface area contributed by atoms with Crippen molar-refractivity contribution in [2.75, 3.05) is 20.1 Å². The molecule has 4 nitrogen and oxygen atoms in total. The molecule has 0 saturated carbocycles. The van der Waals surface area contributed by atoms with Crippen molar-refractivity contribution < 1.29 is 4.79 Å². The van der Waals surface area contributed by atoms with Gasteiger partial charge >= 0.3 is 0 Å². The Balaban J connectivity index is 2.09. The summed E-state index contributed by atoms with van der Waals surface area (Å²) in [4.78, 5) is 14.1. The van der Waals surface area contributed by atoms with E-state index in [9.17, 15) is 4.79 Å². The van der Waals surface area contributed by atoms with Crippen LogP contribution in [0.3, 0.4) is 0 Å². The van der Waals surface area contributed by atoms with Gasteiger partial charge in [-0.15, -0.1) is 0 Å². The minimum absolute atomic E-state index is 0.226. The van der Waals surface area contributed by atoms with Gasteiger partial charge in [-0.3, -0.25) is 4.79 Å². The maximum atomic E-state index is 11.8. The smallest absolute Gasteiger partial charge is 0.220 e. The molecule has 0 aliphatic carbocycles. The van der Waals surface area contributed by atoms with Gasteiger partial charge in [0.2, 0.25) is 5.91 Å². The molecule has 1 heterocycles. The largest absolute Gasteiger partial charge is 0.353 e. The second-order valence-electron chi connectivity index (χ2n) is 5.57. The SMILES string of the molecule is CC1CC(NC(=O)CCCCCCN)CCN1C. The van der Waals surface area contributed by atoms with E-state index in [0.29, 0.717) is 18.5 Å². The van der Waals surface area contributed by atoms with E-state index in [4.69, 9.17) is 5.73 Å². The van der Waals surface area contributed by atoms with E-state index in [1.807, 2.05) is 0 Å². The first-order valence-corrected chi connectivity index (χ1v) is 7.33. The minimum Gasteiger partial charge on any atom is -0.353 e. The standard InChI is InChI=1S/C14H29N3O/c1-12-11-13(8-10-17(12)2)16-14(18)7-5-3-4-6-9-15/h12-13H,3-11,15H2,1-2H3,(H,16,18). The first-order valence-electron chi connectivity index (χ1n) is 7.33. The molecule has 4 heteroatoms. The average molecular weight is 255 g/mol. The summed E-state index contributed by atoms with van der Waals surface area (Å²) < 4.78 is 0. The van der Waals surface area contributed by atoms with Gasteiger partial charge in [0.15, 0.2) is 0 Å². The highest BCUT2D eigenvalue weighted by Gasteiger charge is 2.23. The molecule has 106 valence electrons. The average Bonchev–Trinajstić information content (AvgIpc) is 2.34. The monoisotopic (exact) mass is 255 g/mol. The van der Waals surface area contributed by atoms with Gasteiger partial charge in [0, 0.05) is 25.0 Å². The Morgan fingerprint density at radius 1 is 1.33 bits per heavy atom. The second-order valence-corrected chi connectivity index (χ2v) is 5.57. The first kappa shape index (κ1) is 15.4. The van der Waals surface area contributed by atoms with Crippen molar-refractivity contribution in [1.82, 2.24) is 10.2 Å². The number of piperidine rings is 1. The van der Waals surface area contributed by atoms with Crippen molar-refractivity contribution >= 4 is 5.91 Å². The normalized spacial score (nSPS) is 25.1. The molecule has 2 atom stereocenters. The molecule has 0 aromatic rings. The summed E-state index contributed by atoms with van der Waals surface area (Å²) in [5.41, 5.74) is 5.44. The molecule has 0 spiro atoms. The van der Waals surface area contributed by atoms with Crippen molar-refractivity contribution in [3.8, 4) is 0 Å². The van der Waals surface area contributed by atoms with Gasteiger partial charge in [0.1, 0.15) is 0 Å². The van der Waals surface area contributed by atoms with E-state index in [0.717, 1.165) is 51.6 Å². The van der Waals surface area contributed by atoms with Crippen molar-refractivity contribution in [1.29, 1.82) is 0 Å². The number of rotatable bonds is 7. The summed E-state index contributed by atoms with van der Waals surface area (Å²) >= 11 is 0. The molecule has 1 saturated heterocycles. The Kier molecular flexibility index (Phi) is 7.28.